The van der Waals surface area contributed by atoms with Crippen LogP contribution in [0, 0.1) is 0 Å². The minimum absolute atomic E-state index is 0.270. The first-order chi connectivity index (χ1) is 9.98. The van der Waals surface area contributed by atoms with E-state index in [4.69, 9.17) is 0 Å². The predicted molar refractivity (Wildman–Crippen MR) is 81.8 cm³/mol. The van der Waals surface area contributed by atoms with Gasteiger partial charge in [0.1, 0.15) is 6.04 Å². The summed E-state index contributed by atoms with van der Waals surface area (Å²) in [5.41, 5.74) is 0.571. The summed E-state index contributed by atoms with van der Waals surface area (Å²) in [4.78, 5) is 12.3. The molecule has 0 aromatic heterocycles. The van der Waals surface area contributed by atoms with Gasteiger partial charge in [-0.2, -0.15) is 0 Å². The van der Waals surface area contributed by atoms with Gasteiger partial charge in [-0.1, -0.05) is 24.3 Å². The summed E-state index contributed by atoms with van der Waals surface area (Å²) in [7, 11) is -3.69. The second-order valence-corrected chi connectivity index (χ2v) is 6.79. The molecule has 5 nitrogen and oxygen atoms in total. The zero-order valence-corrected chi connectivity index (χ0v) is 12.6. The first kappa shape index (κ1) is 13.9. The van der Waals surface area contributed by atoms with E-state index in [9.17, 15) is 13.2 Å². The minimum Gasteiger partial charge on any atom is -0.355 e. The van der Waals surface area contributed by atoms with Gasteiger partial charge in [-0.05, 0) is 31.4 Å². The van der Waals surface area contributed by atoms with Crippen LogP contribution < -0.4 is 9.62 Å². The summed E-state index contributed by atoms with van der Waals surface area (Å²) < 4.78 is 26.7. The van der Waals surface area contributed by atoms with E-state index in [2.05, 4.69) is 5.32 Å². The molecule has 21 heavy (non-hydrogen) atoms. The highest BCUT2D eigenvalue weighted by molar-refractivity contribution is 7.93. The molecule has 1 aliphatic heterocycles. The average molecular weight is 304 g/mol. The number of carbonyl (C=O) groups excluding carboxylic acids is 1. The number of hydrogen-bond donors (Lipinski definition) is 1. The molecule has 0 fully saturated rings. The van der Waals surface area contributed by atoms with Crippen molar-refractivity contribution in [1.29, 1.82) is 0 Å². The predicted octanol–water partition coefficient (Wildman–Crippen LogP) is 1.87. The van der Waals surface area contributed by atoms with Crippen molar-refractivity contribution < 1.29 is 13.2 Å². The molecule has 0 spiro atoms. The Hall–Kier alpha value is -2.08. The fourth-order valence-electron chi connectivity index (χ4n) is 2.77. The fourth-order valence-corrected chi connectivity index (χ4v) is 4.63. The summed E-state index contributed by atoms with van der Waals surface area (Å²) in [6.45, 7) is 3.88. The van der Waals surface area contributed by atoms with Crippen LogP contribution in [0.15, 0.2) is 41.3 Å². The van der Waals surface area contributed by atoms with E-state index >= 15 is 0 Å². The molecule has 2 aromatic rings. The molecule has 2 aromatic carbocycles. The molecule has 1 amide bonds. The van der Waals surface area contributed by atoms with E-state index < -0.39 is 16.1 Å². The van der Waals surface area contributed by atoms with E-state index in [1.54, 1.807) is 38.1 Å². The number of anilines is 1. The molecule has 0 radical (unpaired) electrons. The normalized spacial score (nSPS) is 17.0. The van der Waals surface area contributed by atoms with Gasteiger partial charge < -0.3 is 5.32 Å². The largest absolute Gasteiger partial charge is 0.355 e. The van der Waals surface area contributed by atoms with E-state index in [0.717, 1.165) is 5.39 Å². The Labute approximate surface area is 123 Å². The van der Waals surface area contributed by atoms with Crippen LogP contribution in [0.2, 0.25) is 0 Å². The smallest absolute Gasteiger partial charge is 0.265 e. The number of hydrogen-bond acceptors (Lipinski definition) is 3. The number of rotatable bonds is 3. The van der Waals surface area contributed by atoms with Gasteiger partial charge in [-0.25, -0.2) is 8.42 Å². The summed E-state index contributed by atoms with van der Waals surface area (Å²) in [5.74, 6) is -0.300. The summed E-state index contributed by atoms with van der Waals surface area (Å²) in [5, 5.41) is 4.22. The molecular weight excluding hydrogens is 288 g/mol. The molecule has 110 valence electrons. The van der Waals surface area contributed by atoms with Crippen LogP contribution in [-0.2, 0) is 14.8 Å². The average Bonchev–Trinajstić information content (AvgIpc) is 2.69. The van der Waals surface area contributed by atoms with E-state index in [1.165, 1.54) is 4.31 Å². The second-order valence-electron chi connectivity index (χ2n) is 5.00. The molecule has 3 rings (SSSR count). The molecule has 0 aliphatic carbocycles. The molecule has 6 heteroatoms. The van der Waals surface area contributed by atoms with Crippen LogP contribution in [-0.4, -0.2) is 26.9 Å². The summed E-state index contributed by atoms with van der Waals surface area (Å²) in [6, 6.07) is 9.82. The van der Waals surface area contributed by atoms with E-state index in [0.29, 0.717) is 17.6 Å². The van der Waals surface area contributed by atoms with Gasteiger partial charge in [-0.15, -0.1) is 0 Å². The first-order valence-corrected chi connectivity index (χ1v) is 8.26. The maximum Gasteiger partial charge on any atom is 0.265 e. The molecule has 0 unspecified atom stereocenters. The Balaban J connectivity index is 2.22. The highest BCUT2D eigenvalue weighted by atomic mass is 32.2. The standard InChI is InChI=1S/C15H16N2O3S/c1-3-16-15(18)10(2)17-12-8-4-6-11-7-5-9-13(14(11)12)21(17,19)20/h4-10H,3H2,1-2H3,(H,16,18)/t10-/m1/s1. The van der Waals surface area contributed by atoms with Gasteiger partial charge in [0.05, 0.1) is 10.6 Å². The van der Waals surface area contributed by atoms with Gasteiger partial charge in [0.25, 0.3) is 10.0 Å². The lowest BCUT2D eigenvalue weighted by Gasteiger charge is -2.25. The summed E-state index contributed by atoms with van der Waals surface area (Å²) >= 11 is 0. The van der Waals surface area contributed by atoms with Crippen molar-refractivity contribution in [2.45, 2.75) is 24.8 Å². The Morgan fingerprint density at radius 1 is 1.24 bits per heavy atom. The number of nitrogens with zero attached hydrogens (tertiary/aromatic N) is 1. The topological polar surface area (TPSA) is 66.5 Å². The lowest BCUT2D eigenvalue weighted by molar-refractivity contribution is -0.121. The van der Waals surface area contributed by atoms with Crippen molar-refractivity contribution in [3.63, 3.8) is 0 Å². The third-order valence-corrected chi connectivity index (χ3v) is 5.63. The SMILES string of the molecule is CCNC(=O)[C@@H](C)N1c2cccc3cccc(c23)S1(=O)=O. The van der Waals surface area contributed by atoms with Crippen LogP contribution in [0.25, 0.3) is 10.8 Å². The van der Waals surface area contributed by atoms with Crippen LogP contribution in [0.1, 0.15) is 13.8 Å². The van der Waals surface area contributed by atoms with Crippen molar-refractivity contribution in [3.8, 4) is 0 Å². The van der Waals surface area contributed by atoms with Gasteiger partial charge in [0.15, 0.2) is 0 Å². The lowest BCUT2D eigenvalue weighted by atomic mass is 10.1. The van der Waals surface area contributed by atoms with Gasteiger partial charge in [0, 0.05) is 11.9 Å². The second kappa shape index (κ2) is 4.73. The van der Waals surface area contributed by atoms with Crippen LogP contribution >= 0.6 is 0 Å². The van der Waals surface area contributed by atoms with Crippen LogP contribution in [0.5, 0.6) is 0 Å². The molecule has 1 aliphatic rings. The quantitative estimate of drug-likeness (QED) is 0.941. The zero-order valence-electron chi connectivity index (χ0n) is 11.8. The molecule has 0 saturated heterocycles. The number of nitrogens with one attached hydrogen (secondary N) is 1. The molecule has 1 atom stereocenters. The van der Waals surface area contributed by atoms with Gasteiger partial charge in [-0.3, -0.25) is 9.10 Å². The third-order valence-electron chi connectivity index (χ3n) is 3.70. The van der Waals surface area contributed by atoms with Crippen molar-refractivity contribution in [3.05, 3.63) is 36.4 Å². The third kappa shape index (κ3) is 1.90. The van der Waals surface area contributed by atoms with Crippen molar-refractivity contribution in [2.75, 3.05) is 10.8 Å². The van der Waals surface area contributed by atoms with Crippen molar-refractivity contribution in [1.82, 2.24) is 5.32 Å². The monoisotopic (exact) mass is 304 g/mol. The highest BCUT2D eigenvalue weighted by Crippen LogP contribution is 2.42. The molecule has 1 heterocycles. The first-order valence-electron chi connectivity index (χ1n) is 6.82. The number of carbonyl (C=O) groups is 1. The van der Waals surface area contributed by atoms with Crippen LogP contribution in [0.4, 0.5) is 5.69 Å². The van der Waals surface area contributed by atoms with Gasteiger partial charge in [0.2, 0.25) is 5.91 Å². The zero-order chi connectivity index (χ0) is 15.2. The molecule has 0 saturated carbocycles. The molecular formula is C15H16N2O3S. The fraction of sp³-hybridized carbons (Fsp3) is 0.267. The highest BCUT2D eigenvalue weighted by Gasteiger charge is 2.40. The summed E-state index contributed by atoms with van der Waals surface area (Å²) in [6.07, 6.45) is 0. The van der Waals surface area contributed by atoms with Crippen molar-refractivity contribution in [2.24, 2.45) is 0 Å². The minimum atomic E-state index is -3.69. The lowest BCUT2D eigenvalue weighted by Crippen LogP contribution is -2.46. The Kier molecular flexibility index (Phi) is 3.13. The number of amides is 1. The number of benzene rings is 2. The Bertz CT molecular complexity index is 825. The van der Waals surface area contributed by atoms with Crippen LogP contribution in [0.3, 0.4) is 0 Å². The number of likely N-dealkylation sites (N-methyl/N-ethyl adjacent to an activating group) is 1. The Morgan fingerprint density at radius 2 is 1.90 bits per heavy atom. The number of sulfonamides is 1. The van der Waals surface area contributed by atoms with Gasteiger partial charge >= 0.3 is 0 Å². The Morgan fingerprint density at radius 3 is 2.57 bits per heavy atom. The molecule has 1 N–H and O–H groups in total. The molecule has 0 bridgehead atoms. The maximum atomic E-state index is 12.8. The van der Waals surface area contributed by atoms with E-state index in [-0.39, 0.29) is 10.8 Å². The van der Waals surface area contributed by atoms with Crippen molar-refractivity contribution >= 4 is 32.4 Å². The maximum absolute atomic E-state index is 12.8. The van der Waals surface area contributed by atoms with E-state index in [1.807, 2.05) is 12.1 Å².